The molecule has 0 bridgehead atoms. The molecule has 25 heavy (non-hydrogen) atoms. The van der Waals surface area contributed by atoms with Crippen LogP contribution < -0.4 is 15.4 Å². The Balaban J connectivity index is 1.85. The molecule has 130 valence electrons. The van der Waals surface area contributed by atoms with Crippen LogP contribution in [0.15, 0.2) is 36.9 Å². The zero-order chi connectivity index (χ0) is 17.8. The number of rotatable bonds is 6. The molecule has 0 aliphatic heterocycles. The Morgan fingerprint density at radius 2 is 2.20 bits per heavy atom. The van der Waals surface area contributed by atoms with E-state index in [2.05, 4.69) is 31.3 Å². The average Bonchev–Trinajstić information content (AvgIpc) is 3.27. The summed E-state index contributed by atoms with van der Waals surface area (Å²) in [7, 11) is 5.08. The van der Waals surface area contributed by atoms with Gasteiger partial charge in [0.25, 0.3) is 0 Å². The fourth-order valence-corrected chi connectivity index (χ4v) is 2.47. The van der Waals surface area contributed by atoms with Crippen molar-refractivity contribution in [3.05, 3.63) is 42.5 Å². The number of aromatic nitrogens is 6. The lowest BCUT2D eigenvalue weighted by molar-refractivity contribution is -0.118. The number of methoxy groups -OCH3 is 1. The molecule has 10 heteroatoms. The molecule has 3 rings (SSSR count). The van der Waals surface area contributed by atoms with Crippen molar-refractivity contribution in [2.75, 3.05) is 19.5 Å². The van der Waals surface area contributed by atoms with Gasteiger partial charge in [-0.25, -0.2) is 0 Å². The van der Waals surface area contributed by atoms with Crippen LogP contribution in [0, 0.1) is 0 Å². The van der Waals surface area contributed by atoms with Crippen LogP contribution in [0.2, 0.25) is 0 Å². The van der Waals surface area contributed by atoms with Gasteiger partial charge in [0.2, 0.25) is 5.91 Å². The third-order valence-corrected chi connectivity index (χ3v) is 3.65. The SMILES string of the molecule is CNC(C(=O)Nc1ccc(OC)c(-n2cnnn2)c1)c1cnn(C)c1. The number of carbonyl (C=O) groups excluding carboxylic acids is 1. The van der Waals surface area contributed by atoms with Crippen LogP contribution in [0.3, 0.4) is 0 Å². The first-order valence-electron chi connectivity index (χ1n) is 7.50. The van der Waals surface area contributed by atoms with Crippen molar-refractivity contribution in [2.24, 2.45) is 7.05 Å². The lowest BCUT2D eigenvalue weighted by Crippen LogP contribution is -2.30. The van der Waals surface area contributed by atoms with Gasteiger partial charge >= 0.3 is 0 Å². The highest BCUT2D eigenvalue weighted by Crippen LogP contribution is 2.26. The number of anilines is 1. The fourth-order valence-electron chi connectivity index (χ4n) is 2.47. The minimum atomic E-state index is -0.521. The first-order valence-corrected chi connectivity index (χ1v) is 7.50. The molecule has 3 aromatic rings. The maximum absolute atomic E-state index is 12.6. The van der Waals surface area contributed by atoms with E-state index in [0.717, 1.165) is 5.56 Å². The van der Waals surface area contributed by atoms with Gasteiger partial charge in [-0.3, -0.25) is 9.48 Å². The molecule has 0 fully saturated rings. The summed E-state index contributed by atoms with van der Waals surface area (Å²) in [5.74, 6) is 0.381. The third kappa shape index (κ3) is 3.48. The van der Waals surface area contributed by atoms with E-state index >= 15 is 0 Å². The van der Waals surface area contributed by atoms with E-state index in [1.54, 1.807) is 56.5 Å². The molecule has 2 aromatic heterocycles. The molecule has 0 saturated carbocycles. The molecule has 1 amide bonds. The van der Waals surface area contributed by atoms with Gasteiger partial charge in [0.15, 0.2) is 0 Å². The number of hydrogen-bond donors (Lipinski definition) is 2. The number of nitrogens with zero attached hydrogens (tertiary/aromatic N) is 6. The van der Waals surface area contributed by atoms with Gasteiger partial charge in [-0.2, -0.15) is 9.78 Å². The second kappa shape index (κ2) is 7.09. The Hall–Kier alpha value is -3.27. The molecular formula is C15H18N8O2. The number of carbonyl (C=O) groups is 1. The summed E-state index contributed by atoms with van der Waals surface area (Å²) in [4.78, 5) is 12.6. The number of hydrogen-bond acceptors (Lipinski definition) is 7. The summed E-state index contributed by atoms with van der Waals surface area (Å²) < 4.78 is 8.43. The highest BCUT2D eigenvalue weighted by molar-refractivity contribution is 5.95. The minimum absolute atomic E-state index is 0.205. The fraction of sp³-hybridized carbons (Fsp3) is 0.267. The van der Waals surface area contributed by atoms with Crippen LogP contribution in [0.5, 0.6) is 5.75 Å². The molecule has 0 radical (unpaired) electrons. The number of amides is 1. The number of likely N-dealkylation sites (N-methyl/N-ethyl adjacent to an activating group) is 1. The highest BCUT2D eigenvalue weighted by Gasteiger charge is 2.20. The minimum Gasteiger partial charge on any atom is -0.494 e. The average molecular weight is 342 g/mol. The molecule has 2 heterocycles. The molecule has 2 N–H and O–H groups in total. The molecule has 10 nitrogen and oxygen atoms in total. The molecule has 0 aliphatic carbocycles. The van der Waals surface area contributed by atoms with Crippen molar-refractivity contribution in [1.29, 1.82) is 0 Å². The lowest BCUT2D eigenvalue weighted by Gasteiger charge is -2.16. The van der Waals surface area contributed by atoms with Gasteiger partial charge in [0.05, 0.1) is 13.3 Å². The van der Waals surface area contributed by atoms with Crippen molar-refractivity contribution in [3.8, 4) is 11.4 Å². The van der Waals surface area contributed by atoms with E-state index in [-0.39, 0.29) is 5.91 Å². The van der Waals surface area contributed by atoms with Crippen LogP contribution in [0.25, 0.3) is 5.69 Å². The summed E-state index contributed by atoms with van der Waals surface area (Å²) in [5.41, 5.74) is 1.99. The number of nitrogens with one attached hydrogen (secondary N) is 2. The normalized spacial score (nSPS) is 12.0. The van der Waals surface area contributed by atoms with Crippen LogP contribution in [-0.4, -0.2) is 50.1 Å². The van der Waals surface area contributed by atoms with Crippen LogP contribution in [0.4, 0.5) is 5.69 Å². The van der Waals surface area contributed by atoms with E-state index in [1.807, 2.05) is 0 Å². The standard InChI is InChI=1S/C15H18N8O2/c1-16-14(10-7-18-22(2)8-10)15(24)19-11-4-5-13(25-3)12(6-11)23-9-17-20-21-23/h4-9,14,16H,1-3H3,(H,19,24). The number of ether oxygens (including phenoxy) is 1. The first-order chi connectivity index (χ1) is 12.1. The summed E-state index contributed by atoms with van der Waals surface area (Å²) in [6, 6.07) is 4.71. The van der Waals surface area contributed by atoms with E-state index in [0.29, 0.717) is 17.1 Å². The van der Waals surface area contributed by atoms with E-state index in [9.17, 15) is 4.79 Å². The monoisotopic (exact) mass is 342 g/mol. The van der Waals surface area contributed by atoms with E-state index in [1.165, 1.54) is 11.0 Å². The lowest BCUT2D eigenvalue weighted by atomic mass is 10.1. The van der Waals surface area contributed by atoms with Gasteiger partial charge in [-0.1, -0.05) is 0 Å². The molecule has 0 saturated heterocycles. The Morgan fingerprint density at radius 1 is 1.36 bits per heavy atom. The van der Waals surface area contributed by atoms with Crippen molar-refractivity contribution < 1.29 is 9.53 Å². The van der Waals surface area contributed by atoms with Crippen molar-refractivity contribution in [3.63, 3.8) is 0 Å². The highest BCUT2D eigenvalue weighted by atomic mass is 16.5. The first kappa shape index (κ1) is 16.6. The zero-order valence-corrected chi connectivity index (χ0v) is 14.0. The van der Waals surface area contributed by atoms with Crippen molar-refractivity contribution in [2.45, 2.75) is 6.04 Å². The molecule has 1 atom stereocenters. The second-order valence-electron chi connectivity index (χ2n) is 5.30. The Bertz CT molecular complexity index is 858. The summed E-state index contributed by atoms with van der Waals surface area (Å²) in [6.07, 6.45) is 4.90. The van der Waals surface area contributed by atoms with Gasteiger partial charge in [-0.15, -0.1) is 5.10 Å². The maximum Gasteiger partial charge on any atom is 0.246 e. The van der Waals surface area contributed by atoms with Crippen LogP contribution in [0.1, 0.15) is 11.6 Å². The topological polar surface area (TPSA) is 112 Å². The van der Waals surface area contributed by atoms with Crippen LogP contribution in [-0.2, 0) is 11.8 Å². The predicted molar refractivity (Wildman–Crippen MR) is 89.3 cm³/mol. The van der Waals surface area contributed by atoms with Gasteiger partial charge < -0.3 is 15.4 Å². The summed E-state index contributed by atoms with van der Waals surface area (Å²) >= 11 is 0. The zero-order valence-electron chi connectivity index (χ0n) is 14.0. The second-order valence-corrected chi connectivity index (χ2v) is 5.30. The largest absolute Gasteiger partial charge is 0.494 e. The van der Waals surface area contributed by atoms with E-state index in [4.69, 9.17) is 4.74 Å². The molecule has 1 unspecified atom stereocenters. The molecule has 0 spiro atoms. The summed E-state index contributed by atoms with van der Waals surface area (Å²) in [5, 5.41) is 21.1. The van der Waals surface area contributed by atoms with Crippen molar-refractivity contribution >= 4 is 11.6 Å². The number of tetrazole rings is 1. The van der Waals surface area contributed by atoms with Crippen molar-refractivity contribution in [1.82, 2.24) is 35.3 Å². The number of benzene rings is 1. The van der Waals surface area contributed by atoms with Crippen LogP contribution >= 0.6 is 0 Å². The van der Waals surface area contributed by atoms with E-state index < -0.39 is 6.04 Å². The quantitative estimate of drug-likeness (QED) is 0.663. The summed E-state index contributed by atoms with van der Waals surface area (Å²) in [6.45, 7) is 0. The Morgan fingerprint density at radius 3 is 2.80 bits per heavy atom. The van der Waals surface area contributed by atoms with Gasteiger partial charge in [0.1, 0.15) is 23.8 Å². The third-order valence-electron chi connectivity index (χ3n) is 3.65. The number of aryl methyl sites for hydroxylation is 1. The predicted octanol–water partition coefficient (Wildman–Crippen LogP) is 0.304. The van der Waals surface area contributed by atoms with Gasteiger partial charge in [-0.05, 0) is 35.7 Å². The Kier molecular flexibility index (Phi) is 4.70. The Labute approximate surface area is 143 Å². The smallest absolute Gasteiger partial charge is 0.246 e. The molecule has 1 aromatic carbocycles. The molecule has 0 aliphatic rings. The molecular weight excluding hydrogens is 324 g/mol. The van der Waals surface area contributed by atoms with Gasteiger partial charge in [0, 0.05) is 24.5 Å². The maximum atomic E-state index is 12.6.